The van der Waals surface area contributed by atoms with Crippen molar-refractivity contribution in [3.63, 3.8) is 0 Å². The first-order valence-electron chi connectivity index (χ1n) is 6.08. The summed E-state index contributed by atoms with van der Waals surface area (Å²) in [6.45, 7) is 2.22. The lowest BCUT2D eigenvalue weighted by molar-refractivity contribution is 0.184. The molecule has 19 heavy (non-hydrogen) atoms. The maximum atomic E-state index is 8.78. The molecule has 0 atom stereocenters. The van der Waals surface area contributed by atoms with Crippen LogP contribution in [0.25, 0.3) is 0 Å². The zero-order chi connectivity index (χ0) is 13.5. The Hall–Kier alpha value is -1.67. The SMILES string of the molecule is COCc1ccccc1CNCc1ccc(C#N)s1. The van der Waals surface area contributed by atoms with Gasteiger partial charge in [0.15, 0.2) is 0 Å². The minimum Gasteiger partial charge on any atom is -0.380 e. The van der Waals surface area contributed by atoms with Gasteiger partial charge >= 0.3 is 0 Å². The van der Waals surface area contributed by atoms with Crippen molar-refractivity contribution in [1.82, 2.24) is 5.32 Å². The van der Waals surface area contributed by atoms with E-state index in [0.717, 1.165) is 18.0 Å². The van der Waals surface area contributed by atoms with Crippen LogP contribution < -0.4 is 5.32 Å². The normalized spacial score (nSPS) is 10.3. The molecule has 0 aliphatic carbocycles. The molecule has 1 aromatic heterocycles. The maximum Gasteiger partial charge on any atom is 0.110 e. The lowest BCUT2D eigenvalue weighted by Crippen LogP contribution is -2.13. The van der Waals surface area contributed by atoms with Crippen LogP contribution in [0.15, 0.2) is 36.4 Å². The van der Waals surface area contributed by atoms with Crippen molar-refractivity contribution in [3.8, 4) is 6.07 Å². The van der Waals surface area contributed by atoms with Gasteiger partial charge in [-0.2, -0.15) is 5.26 Å². The Bertz CT molecular complexity index is 572. The van der Waals surface area contributed by atoms with Crippen LogP contribution in [0, 0.1) is 11.3 Å². The first-order valence-corrected chi connectivity index (χ1v) is 6.90. The Labute approximate surface area is 117 Å². The Balaban J connectivity index is 1.90. The summed E-state index contributed by atoms with van der Waals surface area (Å²) in [5.74, 6) is 0. The molecule has 1 heterocycles. The molecule has 0 spiro atoms. The fourth-order valence-electron chi connectivity index (χ4n) is 1.88. The number of nitriles is 1. The zero-order valence-electron chi connectivity index (χ0n) is 10.8. The number of rotatable bonds is 6. The van der Waals surface area contributed by atoms with Gasteiger partial charge in [0.1, 0.15) is 10.9 Å². The van der Waals surface area contributed by atoms with E-state index in [2.05, 4.69) is 23.5 Å². The predicted molar refractivity (Wildman–Crippen MR) is 76.7 cm³/mol. The Kier molecular flexibility index (Phi) is 5.10. The zero-order valence-corrected chi connectivity index (χ0v) is 11.7. The number of benzene rings is 1. The fraction of sp³-hybridized carbons (Fsp3) is 0.267. The van der Waals surface area contributed by atoms with Gasteiger partial charge in [-0.15, -0.1) is 11.3 Å². The molecular weight excluding hydrogens is 256 g/mol. The second-order valence-electron chi connectivity index (χ2n) is 4.18. The first-order chi connectivity index (χ1) is 9.33. The standard InChI is InChI=1S/C15H16N2OS/c1-18-11-13-5-3-2-4-12(13)9-17-10-15-7-6-14(8-16)19-15/h2-7,17H,9-11H2,1H3. The van der Waals surface area contributed by atoms with Crippen molar-refractivity contribution >= 4 is 11.3 Å². The van der Waals surface area contributed by atoms with E-state index in [0.29, 0.717) is 6.61 Å². The molecule has 2 rings (SSSR count). The van der Waals surface area contributed by atoms with Crippen molar-refractivity contribution in [3.05, 3.63) is 57.3 Å². The molecular formula is C15H16N2OS. The average molecular weight is 272 g/mol. The van der Waals surface area contributed by atoms with E-state index in [4.69, 9.17) is 10.00 Å². The lowest BCUT2D eigenvalue weighted by atomic mass is 10.1. The van der Waals surface area contributed by atoms with E-state index in [-0.39, 0.29) is 0 Å². The summed E-state index contributed by atoms with van der Waals surface area (Å²) in [4.78, 5) is 1.94. The number of methoxy groups -OCH3 is 1. The number of hydrogen-bond donors (Lipinski definition) is 1. The lowest BCUT2D eigenvalue weighted by Gasteiger charge is -2.09. The number of hydrogen-bond acceptors (Lipinski definition) is 4. The van der Waals surface area contributed by atoms with Gasteiger partial charge in [0.05, 0.1) is 6.61 Å². The predicted octanol–water partition coefficient (Wildman–Crippen LogP) is 3.06. The number of nitrogens with zero attached hydrogens (tertiary/aromatic N) is 1. The minimum absolute atomic E-state index is 0.634. The van der Waals surface area contributed by atoms with E-state index < -0.39 is 0 Å². The van der Waals surface area contributed by atoms with Crippen LogP contribution in [0.3, 0.4) is 0 Å². The summed E-state index contributed by atoms with van der Waals surface area (Å²) in [5.41, 5.74) is 2.46. The van der Waals surface area contributed by atoms with Crippen LogP contribution in [0.5, 0.6) is 0 Å². The summed E-state index contributed by atoms with van der Waals surface area (Å²) < 4.78 is 5.19. The van der Waals surface area contributed by atoms with Gasteiger partial charge in [-0.25, -0.2) is 0 Å². The first kappa shape index (κ1) is 13.8. The highest BCUT2D eigenvalue weighted by molar-refractivity contribution is 7.12. The van der Waals surface area contributed by atoms with Crippen LogP contribution in [0.1, 0.15) is 20.9 Å². The van der Waals surface area contributed by atoms with E-state index >= 15 is 0 Å². The van der Waals surface area contributed by atoms with Crippen molar-refractivity contribution in [1.29, 1.82) is 5.26 Å². The number of thiophene rings is 1. The monoisotopic (exact) mass is 272 g/mol. The van der Waals surface area contributed by atoms with Crippen molar-refractivity contribution in [2.45, 2.75) is 19.7 Å². The molecule has 0 radical (unpaired) electrons. The van der Waals surface area contributed by atoms with Gasteiger partial charge in [-0.05, 0) is 23.3 Å². The van der Waals surface area contributed by atoms with Crippen LogP contribution in [0.4, 0.5) is 0 Å². The number of ether oxygens (including phenoxy) is 1. The molecule has 0 unspecified atom stereocenters. The largest absolute Gasteiger partial charge is 0.380 e. The third-order valence-corrected chi connectivity index (χ3v) is 3.79. The fourth-order valence-corrected chi connectivity index (χ4v) is 2.65. The Morgan fingerprint density at radius 1 is 1.16 bits per heavy atom. The highest BCUT2D eigenvalue weighted by atomic mass is 32.1. The van der Waals surface area contributed by atoms with Crippen LogP contribution in [-0.4, -0.2) is 7.11 Å². The molecule has 1 N–H and O–H groups in total. The van der Waals surface area contributed by atoms with Crippen molar-refractivity contribution in [2.24, 2.45) is 0 Å². The maximum absolute atomic E-state index is 8.78. The molecule has 0 aliphatic heterocycles. The van der Waals surface area contributed by atoms with E-state index in [1.165, 1.54) is 27.3 Å². The van der Waals surface area contributed by atoms with Crippen LogP contribution in [0.2, 0.25) is 0 Å². The van der Waals surface area contributed by atoms with Crippen LogP contribution >= 0.6 is 11.3 Å². The summed E-state index contributed by atoms with van der Waals surface area (Å²) in [7, 11) is 1.71. The average Bonchev–Trinajstić information content (AvgIpc) is 2.89. The van der Waals surface area contributed by atoms with E-state index in [1.54, 1.807) is 7.11 Å². The quantitative estimate of drug-likeness (QED) is 0.879. The molecule has 98 valence electrons. The Morgan fingerprint density at radius 2 is 1.95 bits per heavy atom. The van der Waals surface area contributed by atoms with Crippen LogP contribution in [-0.2, 0) is 24.4 Å². The molecule has 0 aliphatic rings. The van der Waals surface area contributed by atoms with Gasteiger partial charge in [0.2, 0.25) is 0 Å². The topological polar surface area (TPSA) is 45.0 Å². The summed E-state index contributed by atoms with van der Waals surface area (Å²) in [6, 6.07) is 14.3. The summed E-state index contributed by atoms with van der Waals surface area (Å²) in [5, 5.41) is 12.2. The highest BCUT2D eigenvalue weighted by Gasteiger charge is 2.02. The van der Waals surface area contributed by atoms with E-state index in [9.17, 15) is 0 Å². The van der Waals surface area contributed by atoms with Gasteiger partial charge in [0.25, 0.3) is 0 Å². The highest BCUT2D eigenvalue weighted by Crippen LogP contribution is 2.15. The molecule has 1 aromatic carbocycles. The molecule has 0 amide bonds. The molecule has 0 fully saturated rings. The second kappa shape index (κ2) is 7.05. The third-order valence-electron chi connectivity index (χ3n) is 2.80. The van der Waals surface area contributed by atoms with Gasteiger partial charge in [0, 0.05) is 25.1 Å². The van der Waals surface area contributed by atoms with Gasteiger partial charge in [-0.1, -0.05) is 24.3 Å². The smallest absolute Gasteiger partial charge is 0.110 e. The minimum atomic E-state index is 0.634. The molecule has 4 heteroatoms. The molecule has 2 aromatic rings. The van der Waals surface area contributed by atoms with Gasteiger partial charge < -0.3 is 10.1 Å². The molecule has 0 saturated carbocycles. The van der Waals surface area contributed by atoms with Gasteiger partial charge in [-0.3, -0.25) is 0 Å². The Morgan fingerprint density at radius 3 is 2.63 bits per heavy atom. The van der Waals surface area contributed by atoms with Crippen molar-refractivity contribution in [2.75, 3.05) is 7.11 Å². The molecule has 0 saturated heterocycles. The number of nitrogens with one attached hydrogen (secondary N) is 1. The van der Waals surface area contributed by atoms with E-state index in [1.807, 2.05) is 24.3 Å². The van der Waals surface area contributed by atoms with Crippen molar-refractivity contribution < 1.29 is 4.74 Å². The molecule has 3 nitrogen and oxygen atoms in total. The second-order valence-corrected chi connectivity index (χ2v) is 5.35. The third kappa shape index (κ3) is 3.90. The summed E-state index contributed by atoms with van der Waals surface area (Å²) in [6.07, 6.45) is 0. The molecule has 0 bridgehead atoms. The summed E-state index contributed by atoms with van der Waals surface area (Å²) >= 11 is 1.53.